The van der Waals surface area contributed by atoms with Crippen molar-refractivity contribution in [1.82, 2.24) is 5.32 Å². The predicted octanol–water partition coefficient (Wildman–Crippen LogP) is 2.34. The maximum Gasteiger partial charge on any atom is 0.225 e. The second kappa shape index (κ2) is 3.00. The Morgan fingerprint density at radius 3 is 2.38 bits per heavy atom. The third-order valence-corrected chi connectivity index (χ3v) is 3.15. The molecule has 0 aromatic carbocycles. The highest BCUT2D eigenvalue weighted by molar-refractivity contribution is 5.82. The number of hydrogen-bond donors (Lipinski definition) is 1. The molecule has 2 heteroatoms. The third kappa shape index (κ3) is 2.23. The molecule has 0 bridgehead atoms. The predicted molar refractivity (Wildman–Crippen MR) is 54.4 cm³/mol. The standard InChI is InChI=1S/C11H21NO/c1-6-11(5)7-8(11)12-9(13)10(2,3)4/h8H,6-7H2,1-5H3,(H,12,13). The SMILES string of the molecule is CCC1(C)CC1NC(=O)C(C)(C)C. The summed E-state index contributed by atoms with van der Waals surface area (Å²) in [5.41, 5.74) is 0.123. The van der Waals surface area contributed by atoms with Crippen LogP contribution in [0.5, 0.6) is 0 Å². The Morgan fingerprint density at radius 1 is 1.54 bits per heavy atom. The van der Waals surface area contributed by atoms with E-state index in [0.29, 0.717) is 11.5 Å². The molecule has 13 heavy (non-hydrogen) atoms. The lowest BCUT2D eigenvalue weighted by molar-refractivity contribution is -0.128. The van der Waals surface area contributed by atoms with Crippen LogP contribution in [0, 0.1) is 10.8 Å². The van der Waals surface area contributed by atoms with Crippen molar-refractivity contribution in [3.05, 3.63) is 0 Å². The molecule has 0 spiro atoms. The van der Waals surface area contributed by atoms with Gasteiger partial charge in [0.1, 0.15) is 0 Å². The number of nitrogens with one attached hydrogen (secondary N) is 1. The van der Waals surface area contributed by atoms with Crippen LogP contribution in [0.3, 0.4) is 0 Å². The summed E-state index contributed by atoms with van der Waals surface area (Å²) in [7, 11) is 0. The highest BCUT2D eigenvalue weighted by Gasteiger charge is 2.49. The average Bonchev–Trinajstić information content (AvgIpc) is 2.61. The Kier molecular flexibility index (Phi) is 2.44. The first kappa shape index (κ1) is 10.6. The Hall–Kier alpha value is -0.530. The zero-order chi connectivity index (χ0) is 10.3. The van der Waals surface area contributed by atoms with Gasteiger partial charge >= 0.3 is 0 Å². The van der Waals surface area contributed by atoms with Gasteiger partial charge in [-0.15, -0.1) is 0 Å². The van der Waals surface area contributed by atoms with E-state index in [0.717, 1.165) is 12.8 Å². The van der Waals surface area contributed by atoms with Crippen molar-refractivity contribution in [2.75, 3.05) is 0 Å². The van der Waals surface area contributed by atoms with Gasteiger partial charge in [-0.1, -0.05) is 34.6 Å². The molecule has 0 radical (unpaired) electrons. The summed E-state index contributed by atoms with van der Waals surface area (Å²) >= 11 is 0. The molecule has 2 nitrogen and oxygen atoms in total. The molecule has 1 aliphatic rings. The van der Waals surface area contributed by atoms with Crippen molar-refractivity contribution in [1.29, 1.82) is 0 Å². The van der Waals surface area contributed by atoms with Crippen molar-refractivity contribution in [3.8, 4) is 0 Å². The van der Waals surface area contributed by atoms with E-state index in [9.17, 15) is 4.79 Å². The highest BCUT2D eigenvalue weighted by Crippen LogP contribution is 2.48. The summed E-state index contributed by atoms with van der Waals surface area (Å²) in [4.78, 5) is 11.6. The minimum Gasteiger partial charge on any atom is -0.352 e. The number of carbonyl (C=O) groups is 1. The quantitative estimate of drug-likeness (QED) is 0.699. The van der Waals surface area contributed by atoms with Crippen LogP contribution in [0.1, 0.15) is 47.5 Å². The maximum atomic E-state index is 11.6. The van der Waals surface area contributed by atoms with Crippen LogP contribution in [-0.4, -0.2) is 11.9 Å². The molecule has 1 fully saturated rings. The molecular formula is C11H21NO. The number of rotatable bonds is 2. The zero-order valence-electron chi connectivity index (χ0n) is 9.40. The molecule has 1 amide bonds. The van der Waals surface area contributed by atoms with Gasteiger partial charge in [-0.2, -0.15) is 0 Å². The van der Waals surface area contributed by atoms with Gasteiger partial charge in [0.15, 0.2) is 0 Å². The molecule has 1 saturated carbocycles. The Labute approximate surface area is 81.1 Å². The molecule has 0 saturated heterocycles. The van der Waals surface area contributed by atoms with Crippen LogP contribution in [0.25, 0.3) is 0 Å². The van der Waals surface area contributed by atoms with Gasteiger partial charge in [-0.3, -0.25) is 4.79 Å². The van der Waals surface area contributed by atoms with Crippen molar-refractivity contribution in [3.63, 3.8) is 0 Å². The maximum absolute atomic E-state index is 11.6. The summed E-state index contributed by atoms with van der Waals surface area (Å²) in [5, 5.41) is 3.10. The molecule has 0 aliphatic heterocycles. The normalized spacial score (nSPS) is 32.8. The van der Waals surface area contributed by atoms with E-state index in [1.54, 1.807) is 0 Å². The van der Waals surface area contributed by atoms with E-state index in [4.69, 9.17) is 0 Å². The van der Waals surface area contributed by atoms with E-state index in [-0.39, 0.29) is 11.3 Å². The minimum absolute atomic E-state index is 0.176. The molecule has 2 atom stereocenters. The van der Waals surface area contributed by atoms with Crippen LogP contribution in [0.15, 0.2) is 0 Å². The van der Waals surface area contributed by atoms with E-state index in [1.807, 2.05) is 20.8 Å². The lowest BCUT2D eigenvalue weighted by atomic mass is 9.95. The van der Waals surface area contributed by atoms with E-state index < -0.39 is 0 Å². The third-order valence-electron chi connectivity index (χ3n) is 3.15. The van der Waals surface area contributed by atoms with E-state index in [2.05, 4.69) is 19.2 Å². The molecule has 2 unspecified atom stereocenters. The Morgan fingerprint density at radius 2 is 2.08 bits per heavy atom. The summed E-state index contributed by atoms with van der Waals surface area (Å²) in [6.45, 7) is 10.3. The topological polar surface area (TPSA) is 29.1 Å². The zero-order valence-corrected chi connectivity index (χ0v) is 9.40. The summed E-state index contributed by atoms with van der Waals surface area (Å²) in [6, 6.07) is 0.421. The van der Waals surface area contributed by atoms with Gasteiger partial charge < -0.3 is 5.32 Å². The summed E-state index contributed by atoms with van der Waals surface area (Å²) < 4.78 is 0. The van der Waals surface area contributed by atoms with Crippen molar-refractivity contribution in [2.24, 2.45) is 10.8 Å². The fourth-order valence-corrected chi connectivity index (χ4v) is 1.40. The van der Waals surface area contributed by atoms with Crippen LogP contribution in [0.2, 0.25) is 0 Å². The van der Waals surface area contributed by atoms with Crippen LogP contribution in [0.4, 0.5) is 0 Å². The first-order valence-electron chi connectivity index (χ1n) is 5.10. The molecule has 1 N–H and O–H groups in total. The lowest BCUT2D eigenvalue weighted by Crippen LogP contribution is -2.37. The monoisotopic (exact) mass is 183 g/mol. The van der Waals surface area contributed by atoms with Gasteiger partial charge in [-0.25, -0.2) is 0 Å². The van der Waals surface area contributed by atoms with Gasteiger partial charge in [0.2, 0.25) is 5.91 Å². The molecule has 76 valence electrons. The Balaban J connectivity index is 2.41. The number of amides is 1. The van der Waals surface area contributed by atoms with Gasteiger partial charge in [0, 0.05) is 11.5 Å². The minimum atomic E-state index is -0.253. The number of hydrogen-bond acceptors (Lipinski definition) is 1. The molecule has 0 aromatic heterocycles. The smallest absolute Gasteiger partial charge is 0.225 e. The second-order valence-electron chi connectivity index (χ2n) is 5.49. The molecular weight excluding hydrogens is 162 g/mol. The highest BCUT2D eigenvalue weighted by atomic mass is 16.2. The summed E-state index contributed by atoms with van der Waals surface area (Å²) in [6.07, 6.45) is 2.30. The molecule has 1 rings (SSSR count). The first-order valence-corrected chi connectivity index (χ1v) is 5.10. The molecule has 0 aromatic rings. The fourth-order valence-electron chi connectivity index (χ4n) is 1.40. The van der Waals surface area contributed by atoms with Gasteiger partial charge in [0.25, 0.3) is 0 Å². The van der Waals surface area contributed by atoms with Crippen LogP contribution < -0.4 is 5.32 Å². The van der Waals surface area contributed by atoms with Crippen LogP contribution >= 0.6 is 0 Å². The van der Waals surface area contributed by atoms with Crippen molar-refractivity contribution in [2.45, 2.75) is 53.5 Å². The second-order valence-corrected chi connectivity index (χ2v) is 5.49. The van der Waals surface area contributed by atoms with Gasteiger partial charge in [0.05, 0.1) is 0 Å². The number of carbonyl (C=O) groups excluding carboxylic acids is 1. The van der Waals surface area contributed by atoms with Gasteiger partial charge in [-0.05, 0) is 18.3 Å². The van der Waals surface area contributed by atoms with Crippen molar-refractivity contribution < 1.29 is 4.79 Å². The van der Waals surface area contributed by atoms with Crippen LogP contribution in [-0.2, 0) is 4.79 Å². The summed E-state index contributed by atoms with van der Waals surface area (Å²) in [5.74, 6) is 0.176. The average molecular weight is 183 g/mol. The fraction of sp³-hybridized carbons (Fsp3) is 0.909. The lowest BCUT2D eigenvalue weighted by Gasteiger charge is -2.19. The largest absolute Gasteiger partial charge is 0.352 e. The first-order chi connectivity index (χ1) is 5.79. The molecule has 0 heterocycles. The van der Waals surface area contributed by atoms with Crippen molar-refractivity contribution >= 4 is 5.91 Å². The van der Waals surface area contributed by atoms with E-state index >= 15 is 0 Å². The van der Waals surface area contributed by atoms with E-state index in [1.165, 1.54) is 0 Å². The Bertz CT molecular complexity index is 217. The molecule has 1 aliphatic carbocycles.